The van der Waals surface area contributed by atoms with Gasteiger partial charge in [-0.3, -0.25) is 4.84 Å². The van der Waals surface area contributed by atoms with Crippen molar-refractivity contribution in [3.63, 3.8) is 0 Å². The molecule has 94 valence electrons. The van der Waals surface area contributed by atoms with Crippen molar-refractivity contribution in [1.29, 1.82) is 0 Å². The summed E-state index contributed by atoms with van der Waals surface area (Å²) < 4.78 is 0. The fourth-order valence-corrected chi connectivity index (χ4v) is 2.23. The predicted octanol–water partition coefficient (Wildman–Crippen LogP) is 2.19. The smallest absolute Gasteiger partial charge is 0.0656 e. The molecule has 1 aromatic carbocycles. The lowest BCUT2D eigenvalue weighted by atomic mass is 10.1. The Balaban J connectivity index is 1.68. The quantitative estimate of drug-likeness (QED) is 0.845. The summed E-state index contributed by atoms with van der Waals surface area (Å²) in [5.41, 5.74) is 1.36. The molecule has 0 aliphatic carbocycles. The third kappa shape index (κ3) is 4.11. The van der Waals surface area contributed by atoms with Gasteiger partial charge < -0.3 is 5.32 Å². The number of nitrogens with one attached hydrogen (secondary N) is 1. The van der Waals surface area contributed by atoms with E-state index in [1.807, 2.05) is 6.92 Å². The minimum atomic E-state index is 0.631. The van der Waals surface area contributed by atoms with Gasteiger partial charge in [-0.05, 0) is 25.3 Å². The predicted molar refractivity (Wildman–Crippen MR) is 69.5 cm³/mol. The van der Waals surface area contributed by atoms with Gasteiger partial charge in [-0.1, -0.05) is 30.3 Å². The molecule has 0 radical (unpaired) electrons. The first-order chi connectivity index (χ1) is 8.38. The van der Waals surface area contributed by atoms with Gasteiger partial charge in [0.25, 0.3) is 0 Å². The van der Waals surface area contributed by atoms with Crippen molar-refractivity contribution in [1.82, 2.24) is 10.4 Å². The number of hydrogen-bond acceptors (Lipinski definition) is 3. The van der Waals surface area contributed by atoms with Gasteiger partial charge in [-0.2, -0.15) is 5.06 Å². The molecule has 0 unspecified atom stereocenters. The summed E-state index contributed by atoms with van der Waals surface area (Å²) in [4.78, 5) is 5.50. The second-order valence-electron chi connectivity index (χ2n) is 4.49. The van der Waals surface area contributed by atoms with Crippen molar-refractivity contribution in [2.24, 2.45) is 0 Å². The van der Waals surface area contributed by atoms with Crippen LogP contribution in [0, 0.1) is 0 Å². The number of hydrogen-bond donors (Lipinski definition) is 1. The summed E-state index contributed by atoms with van der Waals surface area (Å²) in [5, 5.41) is 5.70. The topological polar surface area (TPSA) is 24.5 Å². The normalized spacial score (nSPS) is 18.4. The van der Waals surface area contributed by atoms with Crippen LogP contribution in [0.15, 0.2) is 30.3 Å². The molecule has 2 rings (SSSR count). The Labute approximate surface area is 104 Å². The molecule has 1 N–H and O–H groups in total. The van der Waals surface area contributed by atoms with Crippen LogP contribution in [-0.2, 0) is 11.4 Å². The minimum absolute atomic E-state index is 0.631. The zero-order chi connectivity index (χ0) is 11.9. The lowest BCUT2D eigenvalue weighted by Gasteiger charge is -2.31. The standard InChI is InChI=1S/C14H22N2O/c1-2-17-16-10-8-14(9-11-16)15-12-13-6-4-3-5-7-13/h3-7,14-15H,2,8-12H2,1H3. The molecule has 0 spiro atoms. The largest absolute Gasteiger partial charge is 0.310 e. The Morgan fingerprint density at radius 3 is 2.59 bits per heavy atom. The number of hydroxylamine groups is 2. The molecule has 1 saturated heterocycles. The Morgan fingerprint density at radius 2 is 1.94 bits per heavy atom. The molecule has 0 bridgehead atoms. The van der Waals surface area contributed by atoms with Gasteiger partial charge in [-0.15, -0.1) is 0 Å². The first-order valence-electron chi connectivity index (χ1n) is 6.53. The van der Waals surface area contributed by atoms with Crippen molar-refractivity contribution >= 4 is 0 Å². The number of rotatable bonds is 5. The summed E-state index contributed by atoms with van der Waals surface area (Å²) in [6.45, 7) is 5.88. The lowest BCUT2D eigenvalue weighted by Crippen LogP contribution is -2.42. The number of piperidine rings is 1. The van der Waals surface area contributed by atoms with Crippen LogP contribution in [-0.4, -0.2) is 30.8 Å². The van der Waals surface area contributed by atoms with E-state index in [1.165, 1.54) is 18.4 Å². The summed E-state index contributed by atoms with van der Waals surface area (Å²) in [6.07, 6.45) is 2.35. The van der Waals surface area contributed by atoms with Crippen LogP contribution in [0.3, 0.4) is 0 Å². The van der Waals surface area contributed by atoms with Gasteiger partial charge in [-0.25, -0.2) is 0 Å². The average Bonchev–Trinajstić information content (AvgIpc) is 2.40. The van der Waals surface area contributed by atoms with Crippen LogP contribution < -0.4 is 5.32 Å². The van der Waals surface area contributed by atoms with Crippen LogP contribution in [0.1, 0.15) is 25.3 Å². The molecule has 0 amide bonds. The summed E-state index contributed by atoms with van der Waals surface area (Å²) in [5.74, 6) is 0. The molecular weight excluding hydrogens is 212 g/mol. The summed E-state index contributed by atoms with van der Waals surface area (Å²) >= 11 is 0. The molecule has 1 fully saturated rings. The van der Waals surface area contributed by atoms with E-state index < -0.39 is 0 Å². The van der Waals surface area contributed by atoms with Crippen LogP contribution >= 0.6 is 0 Å². The van der Waals surface area contributed by atoms with Gasteiger partial charge in [0.15, 0.2) is 0 Å². The summed E-state index contributed by atoms with van der Waals surface area (Å²) in [6, 6.07) is 11.2. The molecule has 3 heteroatoms. The van der Waals surface area contributed by atoms with Crippen molar-refractivity contribution in [3.8, 4) is 0 Å². The Hall–Kier alpha value is -0.900. The Kier molecular flexibility index (Phi) is 4.98. The average molecular weight is 234 g/mol. The molecule has 1 aliphatic rings. The number of benzene rings is 1. The maximum atomic E-state index is 5.50. The first kappa shape index (κ1) is 12.6. The van der Waals surface area contributed by atoms with Crippen molar-refractivity contribution in [2.75, 3.05) is 19.7 Å². The molecular formula is C14H22N2O. The minimum Gasteiger partial charge on any atom is -0.310 e. The van der Waals surface area contributed by atoms with Crippen molar-refractivity contribution in [3.05, 3.63) is 35.9 Å². The highest BCUT2D eigenvalue weighted by atomic mass is 16.7. The highest BCUT2D eigenvalue weighted by molar-refractivity contribution is 5.14. The second kappa shape index (κ2) is 6.74. The third-order valence-electron chi connectivity index (χ3n) is 3.20. The van der Waals surface area contributed by atoms with Gasteiger partial charge in [0.05, 0.1) is 6.61 Å². The van der Waals surface area contributed by atoms with Crippen LogP contribution in [0.4, 0.5) is 0 Å². The number of nitrogens with zero attached hydrogens (tertiary/aromatic N) is 1. The van der Waals surface area contributed by atoms with Crippen LogP contribution in [0.25, 0.3) is 0 Å². The highest BCUT2D eigenvalue weighted by Gasteiger charge is 2.18. The van der Waals surface area contributed by atoms with Crippen LogP contribution in [0.5, 0.6) is 0 Å². The van der Waals surface area contributed by atoms with E-state index in [2.05, 4.69) is 40.7 Å². The first-order valence-corrected chi connectivity index (χ1v) is 6.53. The molecule has 0 aromatic heterocycles. The maximum Gasteiger partial charge on any atom is 0.0656 e. The molecule has 17 heavy (non-hydrogen) atoms. The second-order valence-corrected chi connectivity index (χ2v) is 4.49. The van der Waals surface area contributed by atoms with Gasteiger partial charge in [0.1, 0.15) is 0 Å². The molecule has 0 saturated carbocycles. The molecule has 0 atom stereocenters. The van der Waals surface area contributed by atoms with Crippen LogP contribution in [0.2, 0.25) is 0 Å². The SMILES string of the molecule is CCON1CCC(NCc2ccccc2)CC1. The van der Waals surface area contributed by atoms with E-state index in [0.29, 0.717) is 6.04 Å². The van der Waals surface area contributed by atoms with E-state index in [-0.39, 0.29) is 0 Å². The molecule has 3 nitrogen and oxygen atoms in total. The fourth-order valence-electron chi connectivity index (χ4n) is 2.23. The lowest BCUT2D eigenvalue weighted by molar-refractivity contribution is -0.166. The Morgan fingerprint density at radius 1 is 1.24 bits per heavy atom. The fraction of sp³-hybridized carbons (Fsp3) is 0.571. The zero-order valence-electron chi connectivity index (χ0n) is 10.6. The van der Waals surface area contributed by atoms with Gasteiger partial charge >= 0.3 is 0 Å². The molecule has 1 aliphatic heterocycles. The summed E-state index contributed by atoms with van der Waals surface area (Å²) in [7, 11) is 0. The zero-order valence-corrected chi connectivity index (χ0v) is 10.6. The van der Waals surface area contributed by atoms with Crippen molar-refractivity contribution < 1.29 is 4.84 Å². The maximum absolute atomic E-state index is 5.50. The Bertz CT molecular complexity index is 307. The van der Waals surface area contributed by atoms with E-state index in [9.17, 15) is 0 Å². The third-order valence-corrected chi connectivity index (χ3v) is 3.20. The highest BCUT2D eigenvalue weighted by Crippen LogP contribution is 2.11. The monoisotopic (exact) mass is 234 g/mol. The molecule has 1 aromatic rings. The van der Waals surface area contributed by atoms with E-state index in [0.717, 1.165) is 26.2 Å². The van der Waals surface area contributed by atoms with Crippen molar-refractivity contribution in [2.45, 2.75) is 32.4 Å². The van der Waals surface area contributed by atoms with Gasteiger partial charge in [0, 0.05) is 25.7 Å². The van der Waals surface area contributed by atoms with E-state index >= 15 is 0 Å². The molecule has 1 heterocycles. The van der Waals surface area contributed by atoms with E-state index in [1.54, 1.807) is 0 Å². The van der Waals surface area contributed by atoms with Gasteiger partial charge in [0.2, 0.25) is 0 Å². The van der Waals surface area contributed by atoms with E-state index in [4.69, 9.17) is 4.84 Å².